The minimum absolute atomic E-state index is 0.0738. The molecule has 0 aliphatic carbocycles. The first kappa shape index (κ1) is 13.4. The van der Waals surface area contributed by atoms with Gasteiger partial charge in [0.1, 0.15) is 5.52 Å². The van der Waals surface area contributed by atoms with Crippen LogP contribution in [0.1, 0.15) is 5.56 Å². The zero-order chi connectivity index (χ0) is 14.8. The lowest BCUT2D eigenvalue weighted by Crippen LogP contribution is -2.23. The van der Waals surface area contributed by atoms with E-state index in [0.29, 0.717) is 12.3 Å². The highest BCUT2D eigenvalue weighted by Gasteiger charge is 2.10. The van der Waals surface area contributed by atoms with Gasteiger partial charge in [0.25, 0.3) is 0 Å². The van der Waals surface area contributed by atoms with Crippen LogP contribution in [0.3, 0.4) is 0 Å². The van der Waals surface area contributed by atoms with Crippen LogP contribution in [0, 0.1) is 0 Å². The fraction of sp³-hybridized carbons (Fsp3) is 0.176. The Labute approximate surface area is 123 Å². The van der Waals surface area contributed by atoms with Gasteiger partial charge in [-0.05, 0) is 29.8 Å². The summed E-state index contributed by atoms with van der Waals surface area (Å²) in [6, 6.07) is 15.4. The third-order valence-electron chi connectivity index (χ3n) is 3.32. The normalized spacial score (nSPS) is 10.8. The maximum Gasteiger partial charge on any atom is 0.227 e. The van der Waals surface area contributed by atoms with E-state index >= 15 is 0 Å². The van der Waals surface area contributed by atoms with Crippen LogP contribution in [0.5, 0.6) is 0 Å². The molecule has 0 aliphatic rings. The van der Waals surface area contributed by atoms with E-state index in [0.717, 1.165) is 22.2 Å². The van der Waals surface area contributed by atoms with Crippen molar-refractivity contribution in [3.05, 3.63) is 54.1 Å². The molecule has 21 heavy (non-hydrogen) atoms. The molecule has 0 radical (unpaired) electrons. The molecule has 0 atom stereocenters. The van der Waals surface area contributed by atoms with Gasteiger partial charge >= 0.3 is 0 Å². The van der Waals surface area contributed by atoms with Crippen LogP contribution in [0.4, 0.5) is 0 Å². The summed E-state index contributed by atoms with van der Waals surface area (Å²) in [5, 5.41) is 0. The first-order chi connectivity index (χ1) is 10.1. The van der Waals surface area contributed by atoms with Gasteiger partial charge in [-0.15, -0.1) is 0 Å². The molecule has 0 N–H and O–H groups in total. The van der Waals surface area contributed by atoms with Crippen molar-refractivity contribution in [2.45, 2.75) is 6.42 Å². The highest BCUT2D eigenvalue weighted by Crippen LogP contribution is 2.24. The second-order valence-corrected chi connectivity index (χ2v) is 5.15. The lowest BCUT2D eigenvalue weighted by molar-refractivity contribution is -0.127. The number of carbonyl (C=O) groups is 1. The highest BCUT2D eigenvalue weighted by molar-refractivity contribution is 5.79. The molecule has 106 valence electrons. The maximum atomic E-state index is 11.8. The van der Waals surface area contributed by atoms with Gasteiger partial charge in [0.05, 0.1) is 6.42 Å². The van der Waals surface area contributed by atoms with E-state index in [-0.39, 0.29) is 5.91 Å². The molecule has 1 amide bonds. The molecule has 0 spiro atoms. The van der Waals surface area contributed by atoms with Crippen molar-refractivity contribution in [2.75, 3.05) is 14.1 Å². The number of fused-ring (bicyclic) bond motifs is 1. The number of benzene rings is 2. The number of carbonyl (C=O) groups excluding carboxylic acids is 1. The molecule has 0 saturated carbocycles. The number of aromatic nitrogens is 1. The molecular weight excluding hydrogens is 264 g/mol. The van der Waals surface area contributed by atoms with E-state index in [2.05, 4.69) is 4.98 Å². The second kappa shape index (κ2) is 5.40. The number of likely N-dealkylation sites (N-methyl/N-ethyl adjacent to an activating group) is 1. The van der Waals surface area contributed by atoms with Crippen molar-refractivity contribution < 1.29 is 9.21 Å². The topological polar surface area (TPSA) is 46.3 Å². The van der Waals surface area contributed by atoms with Gasteiger partial charge in [-0.1, -0.05) is 24.3 Å². The average Bonchev–Trinajstić information content (AvgIpc) is 2.91. The largest absolute Gasteiger partial charge is 0.436 e. The molecule has 2 aromatic carbocycles. The van der Waals surface area contributed by atoms with E-state index < -0.39 is 0 Å². The molecule has 0 saturated heterocycles. The zero-order valence-corrected chi connectivity index (χ0v) is 12.0. The average molecular weight is 280 g/mol. The Balaban J connectivity index is 1.93. The lowest BCUT2D eigenvalue weighted by Gasteiger charge is -2.10. The van der Waals surface area contributed by atoms with Crippen molar-refractivity contribution in [2.24, 2.45) is 0 Å². The van der Waals surface area contributed by atoms with Gasteiger partial charge in [0, 0.05) is 19.7 Å². The Bertz CT molecular complexity index is 757. The summed E-state index contributed by atoms with van der Waals surface area (Å²) in [4.78, 5) is 17.9. The van der Waals surface area contributed by atoms with Crippen molar-refractivity contribution in [1.29, 1.82) is 0 Å². The maximum absolute atomic E-state index is 11.8. The van der Waals surface area contributed by atoms with Crippen LogP contribution in [0.25, 0.3) is 22.6 Å². The molecule has 1 heterocycles. The van der Waals surface area contributed by atoms with Gasteiger partial charge in [0.2, 0.25) is 11.8 Å². The van der Waals surface area contributed by atoms with Crippen LogP contribution in [0.2, 0.25) is 0 Å². The van der Waals surface area contributed by atoms with E-state index in [1.165, 1.54) is 0 Å². The second-order valence-electron chi connectivity index (χ2n) is 5.15. The standard InChI is InChI=1S/C17H16N2O2/c1-19(2)16(20)11-12-6-5-7-13(10-12)17-18-14-8-3-4-9-15(14)21-17/h3-10H,11H2,1-2H3. The number of para-hydroxylation sites is 2. The third kappa shape index (κ3) is 2.79. The summed E-state index contributed by atoms with van der Waals surface area (Å²) in [5.41, 5.74) is 3.44. The van der Waals surface area contributed by atoms with Crippen LogP contribution in [0.15, 0.2) is 52.9 Å². The van der Waals surface area contributed by atoms with Gasteiger partial charge in [0.15, 0.2) is 5.58 Å². The summed E-state index contributed by atoms with van der Waals surface area (Å²) >= 11 is 0. The molecule has 3 rings (SSSR count). The molecule has 4 nitrogen and oxygen atoms in total. The van der Waals surface area contributed by atoms with Gasteiger partial charge in [-0.2, -0.15) is 0 Å². The monoisotopic (exact) mass is 280 g/mol. The first-order valence-electron chi connectivity index (χ1n) is 6.78. The van der Waals surface area contributed by atoms with Crippen molar-refractivity contribution in [3.8, 4) is 11.5 Å². The lowest BCUT2D eigenvalue weighted by atomic mass is 10.1. The zero-order valence-electron chi connectivity index (χ0n) is 12.0. The van der Waals surface area contributed by atoms with Crippen LogP contribution in [-0.2, 0) is 11.2 Å². The van der Waals surface area contributed by atoms with Crippen molar-refractivity contribution in [1.82, 2.24) is 9.88 Å². The van der Waals surface area contributed by atoms with Crippen LogP contribution >= 0.6 is 0 Å². The number of hydrogen-bond acceptors (Lipinski definition) is 3. The van der Waals surface area contributed by atoms with Crippen LogP contribution < -0.4 is 0 Å². The van der Waals surface area contributed by atoms with Crippen molar-refractivity contribution in [3.63, 3.8) is 0 Å². The smallest absolute Gasteiger partial charge is 0.227 e. The van der Waals surface area contributed by atoms with Gasteiger partial charge < -0.3 is 9.32 Å². The molecule has 3 aromatic rings. The fourth-order valence-corrected chi connectivity index (χ4v) is 2.14. The number of rotatable bonds is 3. The molecule has 0 bridgehead atoms. The Kier molecular flexibility index (Phi) is 3.44. The number of nitrogens with zero attached hydrogens (tertiary/aromatic N) is 2. The Morgan fingerprint density at radius 3 is 2.71 bits per heavy atom. The predicted octanol–water partition coefficient (Wildman–Crippen LogP) is 3.13. The molecule has 0 aliphatic heterocycles. The number of hydrogen-bond donors (Lipinski definition) is 0. The molecule has 0 fully saturated rings. The first-order valence-corrected chi connectivity index (χ1v) is 6.78. The molecule has 4 heteroatoms. The third-order valence-corrected chi connectivity index (χ3v) is 3.32. The summed E-state index contributed by atoms with van der Waals surface area (Å²) in [6.07, 6.45) is 0.376. The Morgan fingerprint density at radius 1 is 1.14 bits per heavy atom. The quantitative estimate of drug-likeness (QED) is 0.740. The molecule has 0 unspecified atom stereocenters. The van der Waals surface area contributed by atoms with Crippen LogP contribution in [-0.4, -0.2) is 29.9 Å². The molecular formula is C17H16N2O2. The van der Waals surface area contributed by atoms with Crippen molar-refractivity contribution >= 4 is 17.0 Å². The minimum Gasteiger partial charge on any atom is -0.436 e. The summed E-state index contributed by atoms with van der Waals surface area (Å²) in [7, 11) is 3.51. The Morgan fingerprint density at radius 2 is 1.95 bits per heavy atom. The molecule has 1 aromatic heterocycles. The number of amides is 1. The van der Waals surface area contributed by atoms with Gasteiger partial charge in [-0.3, -0.25) is 4.79 Å². The Hall–Kier alpha value is -2.62. The highest BCUT2D eigenvalue weighted by atomic mass is 16.3. The summed E-state index contributed by atoms with van der Waals surface area (Å²) in [5.74, 6) is 0.653. The van der Waals surface area contributed by atoms with E-state index in [1.54, 1.807) is 19.0 Å². The van der Waals surface area contributed by atoms with E-state index in [4.69, 9.17) is 4.42 Å². The van der Waals surface area contributed by atoms with E-state index in [1.807, 2.05) is 48.5 Å². The summed E-state index contributed by atoms with van der Waals surface area (Å²) < 4.78 is 5.76. The SMILES string of the molecule is CN(C)C(=O)Cc1cccc(-c2nc3ccccc3o2)c1. The predicted molar refractivity (Wildman–Crippen MR) is 81.8 cm³/mol. The number of oxazole rings is 1. The van der Waals surface area contributed by atoms with Gasteiger partial charge in [-0.25, -0.2) is 4.98 Å². The fourth-order valence-electron chi connectivity index (χ4n) is 2.14. The van der Waals surface area contributed by atoms with E-state index in [9.17, 15) is 4.79 Å². The summed E-state index contributed by atoms with van der Waals surface area (Å²) in [6.45, 7) is 0. The minimum atomic E-state index is 0.0738.